The second-order valence-electron chi connectivity index (χ2n) is 4.43. The van der Waals surface area contributed by atoms with E-state index in [1.807, 2.05) is 20.8 Å². The van der Waals surface area contributed by atoms with Crippen LogP contribution in [0.25, 0.3) is 0 Å². The Morgan fingerprint density at radius 3 is 2.29 bits per heavy atom. The van der Waals surface area contributed by atoms with Crippen LogP contribution in [-0.4, -0.2) is 16.5 Å². The lowest BCUT2D eigenvalue weighted by atomic mass is 10.3. The van der Waals surface area contributed by atoms with Crippen molar-refractivity contribution in [2.24, 2.45) is 0 Å². The summed E-state index contributed by atoms with van der Waals surface area (Å²) in [4.78, 5) is 11.6. The first-order valence-corrected chi connectivity index (χ1v) is 6.82. The maximum Gasteiger partial charge on any atom is 0.321 e. The highest BCUT2D eigenvalue weighted by atomic mass is 35.5. The lowest BCUT2D eigenvalue weighted by Crippen LogP contribution is -2.17. The standard InChI is InChI=1S/C12H14Cl2O2S/c1-12(2,3)17-7-10(15)16-11-8(13)5-4-6-9(11)14/h4-6H,7H2,1-3H3. The van der Waals surface area contributed by atoms with Gasteiger partial charge >= 0.3 is 5.97 Å². The Morgan fingerprint density at radius 1 is 1.29 bits per heavy atom. The van der Waals surface area contributed by atoms with Gasteiger partial charge in [-0.25, -0.2) is 0 Å². The molecule has 1 aromatic carbocycles. The topological polar surface area (TPSA) is 26.3 Å². The van der Waals surface area contributed by atoms with Crippen molar-refractivity contribution in [2.75, 3.05) is 5.75 Å². The number of halogens is 2. The smallest absolute Gasteiger partial charge is 0.321 e. The number of thioether (sulfide) groups is 1. The number of ether oxygens (including phenoxy) is 1. The fourth-order valence-electron chi connectivity index (χ4n) is 0.999. The Bertz CT molecular complexity index is 393. The Hall–Kier alpha value is -0.380. The molecule has 0 N–H and O–H groups in total. The zero-order chi connectivity index (χ0) is 13.1. The van der Waals surface area contributed by atoms with Crippen LogP contribution in [0.15, 0.2) is 18.2 Å². The molecule has 0 atom stereocenters. The zero-order valence-corrected chi connectivity index (χ0v) is 12.2. The Balaban J connectivity index is 2.63. The van der Waals surface area contributed by atoms with E-state index in [2.05, 4.69) is 0 Å². The first kappa shape index (κ1) is 14.7. The van der Waals surface area contributed by atoms with Gasteiger partial charge in [0.2, 0.25) is 0 Å². The number of carbonyl (C=O) groups is 1. The van der Waals surface area contributed by atoms with E-state index in [0.29, 0.717) is 10.0 Å². The van der Waals surface area contributed by atoms with Crippen LogP contribution in [0.4, 0.5) is 0 Å². The molecule has 0 spiro atoms. The van der Waals surface area contributed by atoms with Gasteiger partial charge in [0.15, 0.2) is 5.75 Å². The predicted molar refractivity (Wildman–Crippen MR) is 74.3 cm³/mol. The van der Waals surface area contributed by atoms with E-state index in [9.17, 15) is 4.79 Å². The molecule has 17 heavy (non-hydrogen) atoms. The third-order valence-corrected chi connectivity index (χ3v) is 3.60. The molecule has 0 bridgehead atoms. The fourth-order valence-corrected chi connectivity index (χ4v) is 2.08. The summed E-state index contributed by atoms with van der Waals surface area (Å²) < 4.78 is 5.16. The first-order chi connectivity index (χ1) is 7.79. The average Bonchev–Trinajstić information content (AvgIpc) is 2.20. The van der Waals surface area contributed by atoms with E-state index in [0.717, 1.165) is 0 Å². The van der Waals surface area contributed by atoms with Crippen LogP contribution in [0.1, 0.15) is 20.8 Å². The molecule has 0 radical (unpaired) electrons. The van der Waals surface area contributed by atoms with Gasteiger partial charge < -0.3 is 4.74 Å². The highest BCUT2D eigenvalue weighted by molar-refractivity contribution is 8.01. The Labute approximate surface area is 116 Å². The van der Waals surface area contributed by atoms with Crippen molar-refractivity contribution in [2.45, 2.75) is 25.5 Å². The summed E-state index contributed by atoms with van der Waals surface area (Å²) in [6.07, 6.45) is 0. The lowest BCUT2D eigenvalue weighted by molar-refractivity contribution is -0.131. The minimum atomic E-state index is -0.347. The summed E-state index contributed by atoms with van der Waals surface area (Å²) in [7, 11) is 0. The van der Waals surface area contributed by atoms with Gasteiger partial charge in [0.05, 0.1) is 15.8 Å². The highest BCUT2D eigenvalue weighted by Gasteiger charge is 2.16. The molecular weight excluding hydrogens is 279 g/mol. The van der Waals surface area contributed by atoms with Gasteiger partial charge in [-0.1, -0.05) is 50.0 Å². The maximum absolute atomic E-state index is 11.6. The average molecular weight is 293 g/mol. The molecule has 0 aliphatic carbocycles. The molecule has 0 saturated heterocycles. The highest BCUT2D eigenvalue weighted by Crippen LogP contribution is 2.33. The molecule has 0 heterocycles. The number of hydrogen-bond donors (Lipinski definition) is 0. The summed E-state index contributed by atoms with van der Waals surface area (Å²) in [5.41, 5.74) is 0. The molecular formula is C12H14Cl2O2S. The third kappa shape index (κ3) is 5.19. The molecule has 0 aromatic heterocycles. The van der Waals surface area contributed by atoms with Gasteiger partial charge in [0.1, 0.15) is 0 Å². The minimum absolute atomic E-state index is 0.0172. The van der Waals surface area contributed by atoms with Gasteiger partial charge in [-0.2, -0.15) is 0 Å². The van der Waals surface area contributed by atoms with Gasteiger partial charge in [-0.3, -0.25) is 4.79 Å². The molecule has 0 aliphatic rings. The molecule has 0 amide bonds. The Morgan fingerprint density at radius 2 is 1.82 bits per heavy atom. The van der Waals surface area contributed by atoms with Crippen molar-refractivity contribution >= 4 is 40.9 Å². The van der Waals surface area contributed by atoms with Crippen LogP contribution >= 0.6 is 35.0 Å². The van der Waals surface area contributed by atoms with Crippen LogP contribution in [0.3, 0.4) is 0 Å². The summed E-state index contributed by atoms with van der Waals surface area (Å²) in [6, 6.07) is 4.96. The van der Waals surface area contributed by atoms with Crippen molar-refractivity contribution in [3.05, 3.63) is 28.2 Å². The molecule has 94 valence electrons. The fraction of sp³-hybridized carbons (Fsp3) is 0.417. The van der Waals surface area contributed by atoms with Crippen molar-refractivity contribution in [3.8, 4) is 5.75 Å². The number of hydrogen-bond acceptors (Lipinski definition) is 3. The second kappa shape index (κ2) is 5.98. The van der Waals surface area contributed by atoms with Crippen molar-refractivity contribution in [3.63, 3.8) is 0 Å². The number of esters is 1. The molecule has 1 aromatic rings. The van der Waals surface area contributed by atoms with Gasteiger partial charge in [-0.15, -0.1) is 11.8 Å². The summed E-state index contributed by atoms with van der Waals surface area (Å²) in [5.74, 6) is 0.153. The van der Waals surface area contributed by atoms with E-state index in [1.54, 1.807) is 18.2 Å². The molecule has 0 unspecified atom stereocenters. The van der Waals surface area contributed by atoms with Gasteiger partial charge in [-0.05, 0) is 12.1 Å². The third-order valence-electron chi connectivity index (χ3n) is 1.76. The van der Waals surface area contributed by atoms with Gasteiger partial charge in [0, 0.05) is 4.75 Å². The van der Waals surface area contributed by atoms with Crippen LogP contribution in [0, 0.1) is 0 Å². The maximum atomic E-state index is 11.6. The van der Waals surface area contributed by atoms with E-state index >= 15 is 0 Å². The second-order valence-corrected chi connectivity index (χ2v) is 7.04. The lowest BCUT2D eigenvalue weighted by Gasteiger charge is -2.16. The van der Waals surface area contributed by atoms with Crippen LogP contribution in [0.2, 0.25) is 10.0 Å². The largest absolute Gasteiger partial charge is 0.423 e. The van der Waals surface area contributed by atoms with Crippen molar-refractivity contribution < 1.29 is 9.53 Å². The molecule has 1 rings (SSSR count). The summed E-state index contributed by atoms with van der Waals surface area (Å²) >= 11 is 13.3. The van der Waals surface area contributed by atoms with E-state index < -0.39 is 0 Å². The zero-order valence-electron chi connectivity index (χ0n) is 9.92. The van der Waals surface area contributed by atoms with E-state index in [4.69, 9.17) is 27.9 Å². The molecule has 0 fully saturated rings. The summed E-state index contributed by atoms with van der Waals surface area (Å²) in [5, 5.41) is 0.679. The van der Waals surface area contributed by atoms with Crippen LogP contribution in [-0.2, 0) is 4.79 Å². The SMILES string of the molecule is CC(C)(C)SCC(=O)Oc1c(Cl)cccc1Cl. The van der Waals surface area contributed by atoms with Crippen LogP contribution in [0.5, 0.6) is 5.75 Å². The summed E-state index contributed by atoms with van der Waals surface area (Å²) in [6.45, 7) is 6.11. The van der Waals surface area contributed by atoms with Gasteiger partial charge in [0.25, 0.3) is 0 Å². The van der Waals surface area contributed by atoms with Crippen molar-refractivity contribution in [1.82, 2.24) is 0 Å². The predicted octanol–water partition coefficient (Wildman–Crippen LogP) is 4.43. The monoisotopic (exact) mass is 292 g/mol. The molecule has 0 aliphatic heterocycles. The van der Waals surface area contributed by atoms with Crippen LogP contribution < -0.4 is 4.74 Å². The number of benzene rings is 1. The van der Waals surface area contributed by atoms with E-state index in [1.165, 1.54) is 11.8 Å². The minimum Gasteiger partial charge on any atom is -0.423 e. The molecule has 0 saturated carbocycles. The Kier molecular flexibility index (Phi) is 5.17. The number of carbonyl (C=O) groups excluding carboxylic acids is 1. The normalized spacial score (nSPS) is 11.4. The number of para-hydroxylation sites is 1. The van der Waals surface area contributed by atoms with E-state index in [-0.39, 0.29) is 22.2 Å². The molecule has 5 heteroatoms. The first-order valence-electron chi connectivity index (χ1n) is 5.08. The number of rotatable bonds is 3. The quantitative estimate of drug-likeness (QED) is 0.609. The molecule has 2 nitrogen and oxygen atoms in total. The van der Waals surface area contributed by atoms with Crippen molar-refractivity contribution in [1.29, 1.82) is 0 Å².